The maximum Gasteiger partial charge on any atom is 0.252 e. The van der Waals surface area contributed by atoms with Gasteiger partial charge < -0.3 is 25.3 Å². The molecule has 0 radical (unpaired) electrons. The van der Waals surface area contributed by atoms with Gasteiger partial charge in [-0.1, -0.05) is 32.6 Å². The van der Waals surface area contributed by atoms with Crippen molar-refractivity contribution in [3.8, 4) is 0 Å². The van der Waals surface area contributed by atoms with Crippen molar-refractivity contribution >= 4 is 22.9 Å². The average molecular weight is 418 g/mol. The van der Waals surface area contributed by atoms with Gasteiger partial charge in [-0.2, -0.15) is 0 Å². The number of nitrogens with one attached hydrogen (secondary N) is 1. The van der Waals surface area contributed by atoms with Crippen LogP contribution in [0.4, 0.5) is 5.82 Å². The predicted molar refractivity (Wildman–Crippen MR) is 109 cm³/mol. The number of anilines is 1. The molecule has 164 valence electrons. The first kappa shape index (κ1) is 21.0. The SMILES string of the molecule is CCCCCCCNC(=O)[C@H]1O[C@@H](n2cnc3c(N)ncnc32)[C@@H]2OC(C)(C)O[C@@H]21. The van der Waals surface area contributed by atoms with Gasteiger partial charge in [0.25, 0.3) is 5.91 Å². The number of carbonyl (C=O) groups excluding carboxylic acids is 1. The van der Waals surface area contributed by atoms with Gasteiger partial charge in [-0.3, -0.25) is 9.36 Å². The van der Waals surface area contributed by atoms with Gasteiger partial charge in [-0.25, -0.2) is 15.0 Å². The zero-order valence-electron chi connectivity index (χ0n) is 17.7. The van der Waals surface area contributed by atoms with E-state index in [-0.39, 0.29) is 11.7 Å². The zero-order chi connectivity index (χ0) is 21.3. The van der Waals surface area contributed by atoms with Crippen molar-refractivity contribution in [3.63, 3.8) is 0 Å². The molecular formula is C20H30N6O4. The number of nitrogen functional groups attached to an aromatic ring is 1. The molecule has 30 heavy (non-hydrogen) atoms. The topological polar surface area (TPSA) is 126 Å². The van der Waals surface area contributed by atoms with Crippen molar-refractivity contribution in [2.45, 2.75) is 83.2 Å². The standard InChI is InChI=1S/C20H30N6O4/c1-4-5-6-7-8-9-22-18(27)14-13-15(30-20(2,3)29-13)19(28-14)26-11-25-12-16(21)23-10-24-17(12)26/h10-11,13-15,19H,4-9H2,1-3H3,(H,22,27)(H2,21,23,24)/t13-,14+,15-,19-/m1/s1. The maximum atomic E-state index is 12.9. The Morgan fingerprint density at radius 1 is 1.17 bits per heavy atom. The number of fused-ring (bicyclic) bond motifs is 2. The van der Waals surface area contributed by atoms with Gasteiger partial charge in [0.05, 0.1) is 6.33 Å². The quantitative estimate of drug-likeness (QED) is 0.623. The molecule has 0 aromatic carbocycles. The van der Waals surface area contributed by atoms with Crippen molar-refractivity contribution < 1.29 is 19.0 Å². The third-order valence-corrected chi connectivity index (χ3v) is 5.53. The average Bonchev–Trinajstić information content (AvgIpc) is 3.35. The molecule has 4 heterocycles. The lowest BCUT2D eigenvalue weighted by molar-refractivity contribution is -0.197. The summed E-state index contributed by atoms with van der Waals surface area (Å²) in [6.45, 7) is 6.46. The zero-order valence-corrected chi connectivity index (χ0v) is 17.7. The summed E-state index contributed by atoms with van der Waals surface area (Å²) in [7, 11) is 0. The Labute approximate surface area is 175 Å². The fraction of sp³-hybridized carbons (Fsp3) is 0.700. The van der Waals surface area contributed by atoms with Crippen LogP contribution in [-0.2, 0) is 19.0 Å². The van der Waals surface area contributed by atoms with Gasteiger partial charge in [0.1, 0.15) is 24.1 Å². The number of hydrogen-bond donors (Lipinski definition) is 2. The summed E-state index contributed by atoms with van der Waals surface area (Å²) >= 11 is 0. The van der Waals surface area contributed by atoms with Gasteiger partial charge in [-0.05, 0) is 20.3 Å². The van der Waals surface area contributed by atoms with Crippen LogP contribution >= 0.6 is 0 Å². The van der Waals surface area contributed by atoms with Crippen molar-refractivity contribution in [1.29, 1.82) is 0 Å². The highest BCUT2D eigenvalue weighted by atomic mass is 16.8. The van der Waals surface area contributed by atoms with E-state index in [9.17, 15) is 4.79 Å². The molecule has 4 rings (SSSR count). The Balaban J connectivity index is 1.49. The second-order valence-corrected chi connectivity index (χ2v) is 8.30. The van der Waals surface area contributed by atoms with Gasteiger partial charge >= 0.3 is 0 Å². The van der Waals surface area contributed by atoms with Crippen molar-refractivity contribution in [3.05, 3.63) is 12.7 Å². The van der Waals surface area contributed by atoms with Crippen LogP contribution in [0.1, 0.15) is 59.1 Å². The van der Waals surface area contributed by atoms with Gasteiger partial charge in [0.2, 0.25) is 0 Å². The van der Waals surface area contributed by atoms with Crippen LogP contribution in [0.2, 0.25) is 0 Å². The molecule has 3 N–H and O–H groups in total. The molecule has 0 unspecified atom stereocenters. The molecule has 2 aliphatic heterocycles. The lowest BCUT2D eigenvalue weighted by Gasteiger charge is -2.24. The summed E-state index contributed by atoms with van der Waals surface area (Å²) in [6, 6.07) is 0. The Morgan fingerprint density at radius 3 is 2.73 bits per heavy atom. The minimum absolute atomic E-state index is 0.192. The molecule has 10 heteroatoms. The van der Waals surface area contributed by atoms with E-state index in [0.717, 1.165) is 12.8 Å². The largest absolute Gasteiger partial charge is 0.382 e. The van der Waals surface area contributed by atoms with Crippen LogP contribution in [0.5, 0.6) is 0 Å². The smallest absolute Gasteiger partial charge is 0.252 e. The number of hydrogen-bond acceptors (Lipinski definition) is 8. The molecule has 2 aromatic rings. The van der Waals surface area contributed by atoms with E-state index < -0.39 is 30.3 Å². The molecule has 2 aromatic heterocycles. The number of carbonyl (C=O) groups is 1. The number of amides is 1. The maximum absolute atomic E-state index is 12.9. The molecule has 0 aliphatic carbocycles. The van der Waals surface area contributed by atoms with Crippen LogP contribution in [0, 0.1) is 0 Å². The predicted octanol–water partition coefficient (Wildman–Crippen LogP) is 1.91. The Hall–Kier alpha value is -2.30. The van der Waals surface area contributed by atoms with E-state index in [4.69, 9.17) is 19.9 Å². The van der Waals surface area contributed by atoms with Crippen LogP contribution in [0.3, 0.4) is 0 Å². The number of rotatable bonds is 8. The summed E-state index contributed by atoms with van der Waals surface area (Å²) in [5.41, 5.74) is 6.91. The molecule has 0 spiro atoms. The summed E-state index contributed by atoms with van der Waals surface area (Å²) in [4.78, 5) is 25.4. The number of nitrogens with two attached hydrogens (primary N) is 1. The molecule has 0 bridgehead atoms. The Morgan fingerprint density at radius 2 is 1.93 bits per heavy atom. The van der Waals surface area contributed by atoms with Crippen LogP contribution < -0.4 is 11.1 Å². The molecule has 2 aliphatic rings. The number of ether oxygens (including phenoxy) is 3. The normalized spacial score (nSPS) is 27.4. The Bertz CT molecular complexity index is 901. The minimum Gasteiger partial charge on any atom is -0.382 e. The van der Waals surface area contributed by atoms with Crippen LogP contribution in [-0.4, -0.2) is 56.1 Å². The third-order valence-electron chi connectivity index (χ3n) is 5.53. The van der Waals surface area contributed by atoms with Gasteiger partial charge in [-0.15, -0.1) is 0 Å². The van der Waals surface area contributed by atoms with Gasteiger partial charge in [0.15, 0.2) is 29.6 Å². The van der Waals surface area contributed by atoms with E-state index in [1.807, 2.05) is 13.8 Å². The monoisotopic (exact) mass is 418 g/mol. The highest BCUT2D eigenvalue weighted by Gasteiger charge is 2.58. The second-order valence-electron chi connectivity index (χ2n) is 8.30. The van der Waals surface area contributed by atoms with Gasteiger partial charge in [0, 0.05) is 6.54 Å². The Kier molecular flexibility index (Phi) is 5.90. The summed E-state index contributed by atoms with van der Waals surface area (Å²) < 4.78 is 20.0. The number of aromatic nitrogens is 4. The minimum atomic E-state index is -0.819. The number of imidazole rings is 1. The lowest BCUT2D eigenvalue weighted by Crippen LogP contribution is -2.43. The molecule has 0 saturated carbocycles. The van der Waals surface area contributed by atoms with Crippen molar-refractivity contribution in [2.24, 2.45) is 0 Å². The number of unbranched alkanes of at least 4 members (excludes halogenated alkanes) is 4. The first-order chi connectivity index (χ1) is 14.4. The summed E-state index contributed by atoms with van der Waals surface area (Å²) in [5.74, 6) is -0.724. The molecule has 4 atom stereocenters. The fourth-order valence-corrected chi connectivity index (χ4v) is 4.11. The number of nitrogens with zero attached hydrogens (tertiary/aromatic N) is 4. The second kappa shape index (κ2) is 8.44. The third kappa shape index (κ3) is 3.99. The fourth-order valence-electron chi connectivity index (χ4n) is 4.11. The summed E-state index contributed by atoms with van der Waals surface area (Å²) in [6.07, 6.45) is 6.20. The first-order valence-corrected chi connectivity index (χ1v) is 10.6. The van der Waals surface area contributed by atoms with Crippen LogP contribution in [0.15, 0.2) is 12.7 Å². The van der Waals surface area contributed by atoms with E-state index in [0.29, 0.717) is 17.7 Å². The lowest BCUT2D eigenvalue weighted by atomic mass is 10.1. The summed E-state index contributed by atoms with van der Waals surface area (Å²) in [5, 5.41) is 2.98. The van der Waals surface area contributed by atoms with E-state index >= 15 is 0 Å². The molecular weight excluding hydrogens is 388 g/mol. The molecule has 2 saturated heterocycles. The first-order valence-electron chi connectivity index (χ1n) is 10.6. The molecule has 2 fully saturated rings. The van der Waals surface area contributed by atoms with E-state index in [2.05, 4.69) is 27.2 Å². The van der Waals surface area contributed by atoms with E-state index in [1.54, 1.807) is 10.9 Å². The van der Waals surface area contributed by atoms with E-state index in [1.165, 1.54) is 25.6 Å². The highest BCUT2D eigenvalue weighted by molar-refractivity contribution is 5.83. The van der Waals surface area contributed by atoms with Crippen molar-refractivity contribution in [2.75, 3.05) is 12.3 Å². The molecule has 10 nitrogen and oxygen atoms in total. The molecule has 1 amide bonds. The van der Waals surface area contributed by atoms with Crippen molar-refractivity contribution in [1.82, 2.24) is 24.8 Å². The highest BCUT2D eigenvalue weighted by Crippen LogP contribution is 2.43. The van der Waals surface area contributed by atoms with Crippen LogP contribution in [0.25, 0.3) is 11.2 Å².